The third kappa shape index (κ3) is 2.96. The minimum atomic E-state index is -3.58. The summed E-state index contributed by atoms with van der Waals surface area (Å²) in [5, 5.41) is -0.748. The van der Waals surface area contributed by atoms with E-state index in [0.29, 0.717) is 5.69 Å². The van der Waals surface area contributed by atoms with Crippen LogP contribution in [0.3, 0.4) is 0 Å². The summed E-state index contributed by atoms with van der Waals surface area (Å²) in [4.78, 5) is 11.9. The first kappa shape index (κ1) is 14.9. The number of aromatic nitrogens is 3. The molecule has 1 unspecified atom stereocenters. The van der Waals surface area contributed by atoms with E-state index >= 15 is 0 Å². The molecule has 2 aromatic heterocycles. The summed E-state index contributed by atoms with van der Waals surface area (Å²) in [6.07, 6.45) is 4.33. The molecule has 20 heavy (non-hydrogen) atoms. The van der Waals surface area contributed by atoms with Crippen LogP contribution >= 0.6 is 11.6 Å². The van der Waals surface area contributed by atoms with Crippen LogP contribution in [0.25, 0.3) is 0 Å². The van der Waals surface area contributed by atoms with Crippen molar-refractivity contribution in [2.45, 2.75) is 24.0 Å². The Morgan fingerprint density at radius 2 is 1.95 bits per heavy atom. The minimum Gasteiger partial charge on any atom is -0.263 e. The first-order valence-electron chi connectivity index (χ1n) is 6.05. The summed E-state index contributed by atoms with van der Waals surface area (Å²) in [7, 11) is -3.58. The van der Waals surface area contributed by atoms with Gasteiger partial charge < -0.3 is 0 Å². The van der Waals surface area contributed by atoms with E-state index in [1.54, 1.807) is 12.1 Å². The van der Waals surface area contributed by atoms with Gasteiger partial charge in [-0.2, -0.15) is 0 Å². The van der Waals surface area contributed by atoms with Crippen molar-refractivity contribution in [1.82, 2.24) is 15.0 Å². The maximum Gasteiger partial charge on any atom is 0.222 e. The Hall–Kier alpha value is -1.53. The molecule has 1 atom stereocenters. The highest BCUT2D eigenvalue weighted by Crippen LogP contribution is 2.33. The molecule has 5 nitrogen and oxygen atoms in total. The van der Waals surface area contributed by atoms with Gasteiger partial charge in [-0.15, -0.1) is 0 Å². The molecule has 0 bridgehead atoms. The normalized spacial score (nSPS) is 13.4. The third-order valence-corrected chi connectivity index (χ3v) is 5.38. The van der Waals surface area contributed by atoms with Crippen LogP contribution in [0, 0.1) is 5.92 Å². The van der Waals surface area contributed by atoms with Crippen molar-refractivity contribution in [2.24, 2.45) is 5.92 Å². The smallest absolute Gasteiger partial charge is 0.222 e. The van der Waals surface area contributed by atoms with E-state index in [-0.39, 0.29) is 16.1 Å². The van der Waals surface area contributed by atoms with Crippen LogP contribution in [0.15, 0.2) is 41.7 Å². The number of pyridine rings is 1. The summed E-state index contributed by atoms with van der Waals surface area (Å²) in [6, 6.07) is 4.70. The maximum absolute atomic E-state index is 12.7. The lowest BCUT2D eigenvalue weighted by Gasteiger charge is -2.20. The van der Waals surface area contributed by atoms with Gasteiger partial charge in [0.15, 0.2) is 9.84 Å². The number of hydrogen-bond donors (Lipinski definition) is 0. The van der Waals surface area contributed by atoms with Crippen molar-refractivity contribution in [3.05, 3.63) is 47.8 Å². The molecule has 2 rings (SSSR count). The second-order valence-electron chi connectivity index (χ2n) is 4.65. The quantitative estimate of drug-likeness (QED) is 0.812. The standard InChI is InChI=1S/C13H14ClN3O2S/c1-9(2)12(11-5-7-16-13(14)17-11)20(18,19)10-4-3-6-15-8-10/h3-9,12H,1-2H3. The molecule has 0 radical (unpaired) electrons. The minimum absolute atomic E-state index is 0.0366. The van der Waals surface area contributed by atoms with Crippen LogP contribution in [0.5, 0.6) is 0 Å². The molecular formula is C13H14ClN3O2S. The predicted molar refractivity (Wildman–Crippen MR) is 76.0 cm³/mol. The van der Waals surface area contributed by atoms with Gasteiger partial charge in [-0.25, -0.2) is 18.4 Å². The summed E-state index contributed by atoms with van der Waals surface area (Å²) in [5.74, 6) is -0.161. The Balaban J connectivity index is 2.55. The highest BCUT2D eigenvalue weighted by molar-refractivity contribution is 7.91. The maximum atomic E-state index is 12.7. The molecule has 0 aliphatic carbocycles. The lowest BCUT2D eigenvalue weighted by molar-refractivity contribution is 0.534. The molecule has 0 aromatic carbocycles. The molecule has 0 saturated heterocycles. The van der Waals surface area contributed by atoms with Crippen LogP contribution in [-0.2, 0) is 9.84 Å². The first-order valence-corrected chi connectivity index (χ1v) is 7.97. The largest absolute Gasteiger partial charge is 0.263 e. The fourth-order valence-corrected chi connectivity index (χ4v) is 4.12. The topological polar surface area (TPSA) is 72.8 Å². The lowest BCUT2D eigenvalue weighted by atomic mass is 10.1. The van der Waals surface area contributed by atoms with Crippen molar-refractivity contribution in [1.29, 1.82) is 0 Å². The SMILES string of the molecule is CC(C)C(c1ccnc(Cl)n1)S(=O)(=O)c1cccnc1. The lowest BCUT2D eigenvalue weighted by Crippen LogP contribution is -2.20. The summed E-state index contributed by atoms with van der Waals surface area (Å²) >= 11 is 5.76. The van der Waals surface area contributed by atoms with Crippen LogP contribution < -0.4 is 0 Å². The molecule has 0 saturated carbocycles. The van der Waals surface area contributed by atoms with Crippen LogP contribution in [-0.4, -0.2) is 23.4 Å². The highest BCUT2D eigenvalue weighted by atomic mass is 35.5. The fourth-order valence-electron chi connectivity index (χ4n) is 2.03. The Kier molecular flexibility index (Phi) is 4.35. The molecule has 0 aliphatic heterocycles. The van der Waals surface area contributed by atoms with Crippen molar-refractivity contribution in [3.8, 4) is 0 Å². The van der Waals surface area contributed by atoms with Gasteiger partial charge in [0.25, 0.3) is 0 Å². The van der Waals surface area contributed by atoms with Gasteiger partial charge >= 0.3 is 0 Å². The van der Waals surface area contributed by atoms with Crippen molar-refractivity contribution in [3.63, 3.8) is 0 Å². The van der Waals surface area contributed by atoms with Crippen molar-refractivity contribution in [2.75, 3.05) is 0 Å². The molecular weight excluding hydrogens is 298 g/mol. The van der Waals surface area contributed by atoms with E-state index in [9.17, 15) is 8.42 Å². The predicted octanol–water partition coefficient (Wildman–Crippen LogP) is 2.70. The average Bonchev–Trinajstić information content (AvgIpc) is 2.39. The first-order chi connectivity index (χ1) is 9.43. The number of rotatable bonds is 4. The highest BCUT2D eigenvalue weighted by Gasteiger charge is 2.33. The monoisotopic (exact) mass is 311 g/mol. The molecule has 0 amide bonds. The van der Waals surface area contributed by atoms with Gasteiger partial charge in [-0.1, -0.05) is 13.8 Å². The van der Waals surface area contributed by atoms with Crippen LogP contribution in [0.1, 0.15) is 24.8 Å². The Bertz CT molecular complexity index is 690. The van der Waals surface area contributed by atoms with Gasteiger partial charge in [-0.05, 0) is 35.7 Å². The van der Waals surface area contributed by atoms with E-state index in [1.807, 2.05) is 13.8 Å². The zero-order valence-electron chi connectivity index (χ0n) is 11.1. The van der Waals surface area contributed by atoms with Crippen molar-refractivity contribution < 1.29 is 8.42 Å². The molecule has 0 fully saturated rings. The number of nitrogens with zero attached hydrogens (tertiary/aromatic N) is 3. The van der Waals surface area contributed by atoms with E-state index < -0.39 is 15.1 Å². The van der Waals surface area contributed by atoms with Gasteiger partial charge in [0, 0.05) is 18.6 Å². The number of sulfone groups is 1. The molecule has 2 heterocycles. The Labute approximate surface area is 123 Å². The van der Waals surface area contributed by atoms with Gasteiger partial charge in [-0.3, -0.25) is 4.98 Å². The second kappa shape index (κ2) is 5.85. The molecule has 0 aliphatic rings. The summed E-state index contributed by atoms with van der Waals surface area (Å²) < 4.78 is 25.5. The molecule has 106 valence electrons. The van der Waals surface area contributed by atoms with Crippen LogP contribution in [0.4, 0.5) is 0 Å². The fraction of sp³-hybridized carbons (Fsp3) is 0.308. The third-order valence-electron chi connectivity index (χ3n) is 2.84. The van der Waals surface area contributed by atoms with Crippen molar-refractivity contribution >= 4 is 21.4 Å². The number of halogens is 1. The molecule has 0 spiro atoms. The molecule has 7 heteroatoms. The summed E-state index contributed by atoms with van der Waals surface area (Å²) in [6.45, 7) is 3.66. The van der Waals surface area contributed by atoms with Gasteiger partial charge in [0.2, 0.25) is 5.28 Å². The second-order valence-corrected chi connectivity index (χ2v) is 7.06. The Morgan fingerprint density at radius 3 is 2.50 bits per heavy atom. The van der Waals surface area contributed by atoms with Crippen LogP contribution in [0.2, 0.25) is 5.28 Å². The van der Waals surface area contributed by atoms with E-state index in [1.165, 1.54) is 24.7 Å². The molecule has 2 aromatic rings. The van der Waals surface area contributed by atoms with E-state index in [0.717, 1.165) is 0 Å². The average molecular weight is 312 g/mol. The number of hydrogen-bond acceptors (Lipinski definition) is 5. The Morgan fingerprint density at radius 1 is 1.20 bits per heavy atom. The zero-order chi connectivity index (χ0) is 14.8. The zero-order valence-corrected chi connectivity index (χ0v) is 12.6. The summed E-state index contributed by atoms with van der Waals surface area (Å²) in [5.41, 5.74) is 0.392. The van der Waals surface area contributed by atoms with Gasteiger partial charge in [0.1, 0.15) is 5.25 Å². The van der Waals surface area contributed by atoms with Gasteiger partial charge in [0.05, 0.1) is 10.6 Å². The van der Waals surface area contributed by atoms with E-state index in [4.69, 9.17) is 11.6 Å². The van der Waals surface area contributed by atoms with E-state index in [2.05, 4.69) is 15.0 Å². The molecule has 0 N–H and O–H groups in total.